The van der Waals surface area contributed by atoms with Gasteiger partial charge in [0.2, 0.25) is 11.6 Å². The van der Waals surface area contributed by atoms with Crippen LogP contribution in [0.1, 0.15) is 52.4 Å². The molecule has 0 amide bonds. The van der Waals surface area contributed by atoms with E-state index in [-0.39, 0.29) is 24.6 Å². The van der Waals surface area contributed by atoms with E-state index < -0.39 is 30.1 Å². The van der Waals surface area contributed by atoms with Crippen LogP contribution in [0.5, 0.6) is 11.5 Å². The number of rotatable bonds is 11. The molecular weight excluding hydrogens is 380 g/mol. The molecule has 1 aliphatic carbocycles. The van der Waals surface area contributed by atoms with Gasteiger partial charge in [0.1, 0.15) is 0 Å². The van der Waals surface area contributed by atoms with Gasteiger partial charge in [-0.05, 0) is 51.2 Å². The van der Waals surface area contributed by atoms with Gasteiger partial charge in [-0.3, -0.25) is 0 Å². The molecule has 0 aromatic heterocycles. The van der Waals surface area contributed by atoms with Gasteiger partial charge in [-0.1, -0.05) is 13.3 Å². The normalized spacial score (nSPS) is 20.2. The zero-order chi connectivity index (χ0) is 20.6. The molecule has 8 heteroatoms. The van der Waals surface area contributed by atoms with E-state index in [9.17, 15) is 17.6 Å². The summed E-state index contributed by atoms with van der Waals surface area (Å²) in [6.45, 7) is 3.48. The third-order valence-electron chi connectivity index (χ3n) is 4.53. The lowest BCUT2D eigenvalue weighted by Crippen LogP contribution is -2.35. The molecule has 160 valence electrons. The van der Waals surface area contributed by atoms with E-state index >= 15 is 0 Å². The standard InChI is InChI=1S/C20H28F4O4/c1-3-5-12-26-14-6-8-15(9-7-14)27-13-20(23,24)28-17-11-10-16(25-4-2)18(21)19(17)22/h10-11,14-15H,3-9,12-13H2,1-2H3. The third-order valence-corrected chi connectivity index (χ3v) is 4.53. The predicted molar refractivity (Wildman–Crippen MR) is 96.0 cm³/mol. The molecule has 0 radical (unpaired) electrons. The molecule has 0 bridgehead atoms. The Kier molecular flexibility index (Phi) is 8.82. The molecule has 1 fully saturated rings. The molecule has 28 heavy (non-hydrogen) atoms. The van der Waals surface area contributed by atoms with Gasteiger partial charge in [-0.25, -0.2) is 0 Å². The molecule has 1 aromatic rings. The van der Waals surface area contributed by atoms with Crippen molar-refractivity contribution >= 4 is 0 Å². The topological polar surface area (TPSA) is 36.9 Å². The molecule has 1 aromatic carbocycles. The Hall–Kier alpha value is -1.54. The molecule has 1 aliphatic rings. The van der Waals surface area contributed by atoms with Gasteiger partial charge >= 0.3 is 6.11 Å². The van der Waals surface area contributed by atoms with Gasteiger partial charge in [0.05, 0.1) is 18.8 Å². The van der Waals surface area contributed by atoms with Crippen molar-refractivity contribution in [1.29, 1.82) is 0 Å². The summed E-state index contributed by atoms with van der Waals surface area (Å²) in [5.41, 5.74) is 0. The maximum absolute atomic E-state index is 14.0. The van der Waals surface area contributed by atoms with Crippen molar-refractivity contribution in [3.8, 4) is 11.5 Å². The molecule has 0 heterocycles. The summed E-state index contributed by atoms with van der Waals surface area (Å²) in [5.74, 6) is -4.12. The highest BCUT2D eigenvalue weighted by Gasteiger charge is 2.36. The van der Waals surface area contributed by atoms with Crippen LogP contribution in [0.2, 0.25) is 0 Å². The first-order chi connectivity index (χ1) is 13.4. The van der Waals surface area contributed by atoms with Crippen LogP contribution in [0, 0.1) is 11.6 Å². The summed E-state index contributed by atoms with van der Waals surface area (Å²) in [4.78, 5) is 0. The number of ether oxygens (including phenoxy) is 4. The van der Waals surface area contributed by atoms with Gasteiger partial charge < -0.3 is 18.9 Å². The van der Waals surface area contributed by atoms with Gasteiger partial charge in [-0.2, -0.15) is 17.6 Å². The van der Waals surface area contributed by atoms with Crippen molar-refractivity contribution in [1.82, 2.24) is 0 Å². The molecule has 0 unspecified atom stereocenters. The van der Waals surface area contributed by atoms with Crippen molar-refractivity contribution in [3.63, 3.8) is 0 Å². The Bertz CT molecular complexity index is 604. The molecule has 2 rings (SSSR count). The van der Waals surface area contributed by atoms with Crippen LogP contribution in [-0.4, -0.2) is 38.1 Å². The number of hydrogen-bond donors (Lipinski definition) is 0. The average Bonchev–Trinajstić information content (AvgIpc) is 2.67. The first-order valence-corrected chi connectivity index (χ1v) is 9.77. The van der Waals surface area contributed by atoms with E-state index in [4.69, 9.17) is 14.2 Å². The second-order valence-corrected chi connectivity index (χ2v) is 6.80. The van der Waals surface area contributed by atoms with Crippen LogP contribution in [0.4, 0.5) is 17.6 Å². The Labute approximate surface area is 163 Å². The third kappa shape index (κ3) is 6.81. The van der Waals surface area contributed by atoms with Crippen LogP contribution in [-0.2, 0) is 9.47 Å². The molecule has 0 atom stereocenters. The van der Waals surface area contributed by atoms with Crippen LogP contribution in [0.25, 0.3) is 0 Å². The first-order valence-electron chi connectivity index (χ1n) is 9.77. The Morgan fingerprint density at radius 1 is 0.929 bits per heavy atom. The van der Waals surface area contributed by atoms with E-state index in [1.807, 2.05) is 0 Å². The summed E-state index contributed by atoms with van der Waals surface area (Å²) < 4.78 is 76.0. The van der Waals surface area contributed by atoms with Crippen molar-refractivity contribution in [2.24, 2.45) is 0 Å². The molecule has 0 spiro atoms. The zero-order valence-electron chi connectivity index (χ0n) is 16.3. The summed E-state index contributed by atoms with van der Waals surface area (Å²) >= 11 is 0. The van der Waals surface area contributed by atoms with Gasteiger partial charge in [0, 0.05) is 6.61 Å². The van der Waals surface area contributed by atoms with Crippen LogP contribution >= 0.6 is 0 Å². The van der Waals surface area contributed by atoms with Crippen molar-refractivity contribution < 1.29 is 36.5 Å². The van der Waals surface area contributed by atoms with E-state index in [0.29, 0.717) is 19.4 Å². The lowest BCUT2D eigenvalue weighted by atomic mass is 9.95. The number of halogens is 4. The predicted octanol–water partition coefficient (Wildman–Crippen LogP) is 5.48. The molecule has 0 aliphatic heterocycles. The zero-order valence-corrected chi connectivity index (χ0v) is 16.3. The van der Waals surface area contributed by atoms with Crippen LogP contribution in [0.15, 0.2) is 12.1 Å². The fourth-order valence-corrected chi connectivity index (χ4v) is 3.02. The Balaban J connectivity index is 1.81. The number of hydrogen-bond acceptors (Lipinski definition) is 4. The van der Waals surface area contributed by atoms with Gasteiger partial charge in [0.25, 0.3) is 0 Å². The number of unbranched alkanes of at least 4 members (excludes halogenated alkanes) is 1. The summed E-state index contributed by atoms with van der Waals surface area (Å²) in [7, 11) is 0. The van der Waals surface area contributed by atoms with Crippen molar-refractivity contribution in [3.05, 3.63) is 23.8 Å². The monoisotopic (exact) mass is 408 g/mol. The minimum Gasteiger partial charge on any atom is -0.491 e. The maximum Gasteiger partial charge on any atom is 0.422 e. The van der Waals surface area contributed by atoms with Gasteiger partial charge in [-0.15, -0.1) is 0 Å². The summed E-state index contributed by atoms with van der Waals surface area (Å²) in [6, 6.07) is 1.96. The SMILES string of the molecule is CCCCOC1CCC(OCC(F)(F)Oc2ccc(OCC)c(F)c2F)CC1. The average molecular weight is 408 g/mol. The quantitative estimate of drug-likeness (QED) is 0.359. The molecule has 0 saturated heterocycles. The second-order valence-electron chi connectivity index (χ2n) is 6.80. The highest BCUT2D eigenvalue weighted by Crippen LogP contribution is 2.32. The lowest BCUT2D eigenvalue weighted by molar-refractivity contribution is -0.224. The molecule has 1 saturated carbocycles. The second kappa shape index (κ2) is 10.9. The number of alkyl halides is 2. The molecular formula is C20H28F4O4. The fraction of sp³-hybridized carbons (Fsp3) is 0.700. The van der Waals surface area contributed by atoms with Crippen LogP contribution < -0.4 is 9.47 Å². The fourth-order valence-electron chi connectivity index (χ4n) is 3.02. The van der Waals surface area contributed by atoms with Crippen molar-refractivity contribution in [2.45, 2.75) is 70.7 Å². The summed E-state index contributed by atoms with van der Waals surface area (Å²) in [6.07, 6.45) is 0.812. The van der Waals surface area contributed by atoms with E-state index in [2.05, 4.69) is 11.7 Å². The summed E-state index contributed by atoms with van der Waals surface area (Å²) in [5, 5.41) is 0. The Morgan fingerprint density at radius 3 is 2.11 bits per heavy atom. The van der Waals surface area contributed by atoms with Crippen molar-refractivity contribution in [2.75, 3.05) is 19.8 Å². The van der Waals surface area contributed by atoms with E-state index in [1.165, 1.54) is 0 Å². The van der Waals surface area contributed by atoms with E-state index in [0.717, 1.165) is 37.8 Å². The highest BCUT2D eigenvalue weighted by molar-refractivity contribution is 5.35. The maximum atomic E-state index is 14.0. The first kappa shape index (κ1) is 22.7. The van der Waals surface area contributed by atoms with Gasteiger partial charge in [0.15, 0.2) is 18.1 Å². The highest BCUT2D eigenvalue weighted by atomic mass is 19.3. The van der Waals surface area contributed by atoms with E-state index in [1.54, 1.807) is 6.92 Å². The molecule has 4 nitrogen and oxygen atoms in total. The Morgan fingerprint density at radius 2 is 1.50 bits per heavy atom. The molecule has 0 N–H and O–H groups in total. The minimum absolute atomic E-state index is 0.118. The largest absolute Gasteiger partial charge is 0.491 e. The lowest BCUT2D eigenvalue weighted by Gasteiger charge is -2.29. The van der Waals surface area contributed by atoms with Crippen LogP contribution in [0.3, 0.4) is 0 Å². The smallest absolute Gasteiger partial charge is 0.422 e. The minimum atomic E-state index is -3.78. The number of benzene rings is 1.